The molecule has 0 amide bonds. The third kappa shape index (κ3) is 5.66. The van der Waals surface area contributed by atoms with E-state index >= 15 is 0 Å². The van der Waals surface area contributed by atoms with Gasteiger partial charge in [-0.2, -0.15) is 0 Å². The third-order valence-corrected chi connectivity index (χ3v) is 4.29. The van der Waals surface area contributed by atoms with Gasteiger partial charge in [0.05, 0.1) is 19.1 Å². The van der Waals surface area contributed by atoms with Crippen LogP contribution in [-0.2, 0) is 9.53 Å². The van der Waals surface area contributed by atoms with Crippen molar-refractivity contribution in [3.05, 3.63) is 29.8 Å². The average molecular weight is 347 g/mol. The number of ether oxygens (including phenoxy) is 2. The number of guanidine groups is 1. The van der Waals surface area contributed by atoms with Crippen LogP contribution in [0.5, 0.6) is 5.75 Å². The molecule has 0 bridgehead atoms. The Morgan fingerprint density at radius 1 is 1.40 bits per heavy atom. The Bertz CT molecular complexity index is 589. The molecule has 0 saturated carbocycles. The minimum Gasteiger partial charge on any atom is -0.491 e. The second-order valence-corrected chi connectivity index (χ2v) is 6.13. The lowest BCUT2D eigenvalue weighted by Gasteiger charge is -2.33. The molecule has 1 aromatic rings. The molecule has 6 nitrogen and oxygen atoms in total. The number of carbonyl (C=O) groups excluding carboxylic acids is 1. The van der Waals surface area contributed by atoms with Crippen molar-refractivity contribution in [2.75, 3.05) is 39.9 Å². The lowest BCUT2D eigenvalue weighted by Crippen LogP contribution is -2.49. The number of likely N-dealkylation sites (tertiary alicyclic amines) is 1. The fourth-order valence-electron chi connectivity index (χ4n) is 3.00. The molecule has 1 unspecified atom stereocenters. The summed E-state index contributed by atoms with van der Waals surface area (Å²) in [7, 11) is 1.76. The topological polar surface area (TPSA) is 63.2 Å². The Kier molecular flexibility index (Phi) is 7.57. The van der Waals surface area contributed by atoms with Crippen LogP contribution in [0.3, 0.4) is 0 Å². The van der Waals surface area contributed by atoms with E-state index in [0.717, 1.165) is 36.7 Å². The largest absolute Gasteiger partial charge is 0.491 e. The van der Waals surface area contributed by atoms with Crippen LogP contribution in [0.1, 0.15) is 25.3 Å². The highest BCUT2D eigenvalue weighted by molar-refractivity contribution is 5.81. The van der Waals surface area contributed by atoms with Crippen molar-refractivity contribution in [1.29, 1.82) is 0 Å². The van der Waals surface area contributed by atoms with Crippen molar-refractivity contribution in [1.82, 2.24) is 10.2 Å². The standard InChI is InChI=1S/C19H29N3O3/c1-4-24-18(23)16-9-7-12-22(14-16)19(20-3)21-11-13-25-17-10-6-5-8-15(17)2/h5-6,8,10,16H,4,7,9,11-14H2,1-3H3,(H,20,21). The third-order valence-electron chi connectivity index (χ3n) is 4.29. The average Bonchev–Trinajstić information content (AvgIpc) is 2.63. The number of hydrogen-bond donors (Lipinski definition) is 1. The van der Waals surface area contributed by atoms with Gasteiger partial charge in [0.2, 0.25) is 0 Å². The first-order chi connectivity index (χ1) is 12.2. The molecule has 0 aliphatic carbocycles. The first-order valence-corrected chi connectivity index (χ1v) is 8.96. The highest BCUT2D eigenvalue weighted by Crippen LogP contribution is 2.18. The fraction of sp³-hybridized carbons (Fsp3) is 0.579. The van der Waals surface area contributed by atoms with E-state index in [1.165, 1.54) is 0 Å². The summed E-state index contributed by atoms with van der Waals surface area (Å²) in [6.45, 7) is 7.06. The molecule has 25 heavy (non-hydrogen) atoms. The maximum Gasteiger partial charge on any atom is 0.310 e. The van der Waals surface area contributed by atoms with Crippen molar-refractivity contribution in [2.45, 2.75) is 26.7 Å². The van der Waals surface area contributed by atoms with Gasteiger partial charge in [-0.05, 0) is 38.3 Å². The number of nitrogens with zero attached hydrogens (tertiary/aromatic N) is 2. The first-order valence-electron chi connectivity index (χ1n) is 8.96. The summed E-state index contributed by atoms with van der Waals surface area (Å²) >= 11 is 0. The Labute approximate surface area is 150 Å². The number of aliphatic imine (C=N–C) groups is 1. The smallest absolute Gasteiger partial charge is 0.310 e. The van der Waals surface area contributed by atoms with Crippen molar-refractivity contribution in [3.8, 4) is 5.75 Å². The number of esters is 1. The predicted molar refractivity (Wildman–Crippen MR) is 99.0 cm³/mol. The molecule has 0 spiro atoms. The highest BCUT2D eigenvalue weighted by atomic mass is 16.5. The summed E-state index contributed by atoms with van der Waals surface area (Å²) in [6, 6.07) is 7.97. The maximum atomic E-state index is 12.0. The van der Waals surface area contributed by atoms with Gasteiger partial charge in [-0.3, -0.25) is 9.79 Å². The van der Waals surface area contributed by atoms with Gasteiger partial charge in [0, 0.05) is 20.1 Å². The minimum absolute atomic E-state index is 0.0736. The highest BCUT2D eigenvalue weighted by Gasteiger charge is 2.28. The van der Waals surface area contributed by atoms with Gasteiger partial charge < -0.3 is 19.7 Å². The van der Waals surface area contributed by atoms with Crippen molar-refractivity contribution in [3.63, 3.8) is 0 Å². The molecule has 6 heteroatoms. The van der Waals surface area contributed by atoms with Crippen molar-refractivity contribution < 1.29 is 14.3 Å². The van der Waals surface area contributed by atoms with Crippen LogP contribution in [0.15, 0.2) is 29.3 Å². The molecule has 1 aliphatic rings. The first kappa shape index (κ1) is 19.1. The Morgan fingerprint density at radius 3 is 2.92 bits per heavy atom. The number of aryl methyl sites for hydroxylation is 1. The van der Waals surface area contributed by atoms with Crippen LogP contribution in [-0.4, -0.2) is 56.7 Å². The maximum absolute atomic E-state index is 12.0. The summed E-state index contributed by atoms with van der Waals surface area (Å²) in [6.07, 6.45) is 1.84. The summed E-state index contributed by atoms with van der Waals surface area (Å²) < 4.78 is 11.0. The molecular formula is C19H29N3O3. The zero-order valence-electron chi connectivity index (χ0n) is 15.5. The van der Waals surface area contributed by atoms with Crippen molar-refractivity contribution in [2.24, 2.45) is 10.9 Å². The normalized spacial score (nSPS) is 18.0. The molecule has 0 radical (unpaired) electrons. The number of rotatable bonds is 6. The van der Waals surface area contributed by atoms with Crippen LogP contribution in [0.25, 0.3) is 0 Å². The summed E-state index contributed by atoms with van der Waals surface area (Å²) in [5.41, 5.74) is 1.13. The molecule has 1 aliphatic heterocycles. The quantitative estimate of drug-likeness (QED) is 0.370. The van der Waals surface area contributed by atoms with Gasteiger partial charge in [0.15, 0.2) is 5.96 Å². The molecule has 1 heterocycles. The number of para-hydroxylation sites is 1. The lowest BCUT2D eigenvalue weighted by atomic mass is 9.98. The zero-order chi connectivity index (χ0) is 18.1. The summed E-state index contributed by atoms with van der Waals surface area (Å²) in [5.74, 6) is 1.53. The van der Waals surface area contributed by atoms with E-state index in [1.807, 2.05) is 38.1 Å². The van der Waals surface area contributed by atoms with Crippen LogP contribution >= 0.6 is 0 Å². The molecule has 1 saturated heterocycles. The van der Waals surface area contributed by atoms with E-state index in [1.54, 1.807) is 7.05 Å². The molecule has 1 N–H and O–H groups in total. The fourth-order valence-corrected chi connectivity index (χ4v) is 3.00. The number of carbonyl (C=O) groups is 1. The molecule has 1 fully saturated rings. The van der Waals surface area contributed by atoms with Crippen LogP contribution in [0.2, 0.25) is 0 Å². The van der Waals surface area contributed by atoms with Gasteiger partial charge in [0.25, 0.3) is 0 Å². The zero-order valence-corrected chi connectivity index (χ0v) is 15.5. The van der Waals surface area contributed by atoms with Gasteiger partial charge in [-0.25, -0.2) is 0 Å². The number of piperidine rings is 1. The second kappa shape index (κ2) is 9.91. The van der Waals surface area contributed by atoms with Gasteiger partial charge in [-0.1, -0.05) is 18.2 Å². The van der Waals surface area contributed by atoms with E-state index in [0.29, 0.717) is 26.3 Å². The van der Waals surface area contributed by atoms with Gasteiger partial charge >= 0.3 is 5.97 Å². The van der Waals surface area contributed by atoms with E-state index in [9.17, 15) is 4.79 Å². The van der Waals surface area contributed by atoms with E-state index < -0.39 is 0 Å². The molecule has 1 aromatic carbocycles. The molecule has 0 aromatic heterocycles. The Morgan fingerprint density at radius 2 is 2.20 bits per heavy atom. The monoisotopic (exact) mass is 347 g/mol. The van der Waals surface area contributed by atoms with E-state index in [4.69, 9.17) is 9.47 Å². The van der Waals surface area contributed by atoms with Crippen molar-refractivity contribution >= 4 is 11.9 Å². The Balaban J connectivity index is 1.79. The minimum atomic E-state index is -0.106. The van der Waals surface area contributed by atoms with Crippen LogP contribution in [0, 0.1) is 12.8 Å². The predicted octanol–water partition coefficient (Wildman–Crippen LogP) is 2.22. The van der Waals surface area contributed by atoms with Gasteiger partial charge in [0.1, 0.15) is 12.4 Å². The number of benzene rings is 1. The van der Waals surface area contributed by atoms with Gasteiger partial charge in [-0.15, -0.1) is 0 Å². The van der Waals surface area contributed by atoms with Crippen LogP contribution in [0.4, 0.5) is 0 Å². The van der Waals surface area contributed by atoms with Crippen LogP contribution < -0.4 is 10.1 Å². The summed E-state index contributed by atoms with van der Waals surface area (Å²) in [5, 5.41) is 3.32. The lowest BCUT2D eigenvalue weighted by molar-refractivity contribution is -0.149. The molecule has 2 rings (SSSR count). The van der Waals surface area contributed by atoms with E-state index in [2.05, 4.69) is 15.2 Å². The summed E-state index contributed by atoms with van der Waals surface area (Å²) in [4.78, 5) is 18.4. The number of nitrogens with one attached hydrogen (secondary N) is 1. The van der Waals surface area contributed by atoms with E-state index in [-0.39, 0.29) is 11.9 Å². The molecule has 138 valence electrons. The number of hydrogen-bond acceptors (Lipinski definition) is 4. The molecular weight excluding hydrogens is 318 g/mol. The SMILES string of the molecule is CCOC(=O)C1CCCN(C(=NC)NCCOc2ccccc2C)C1. The second-order valence-electron chi connectivity index (χ2n) is 6.13. The molecule has 1 atom stereocenters. The Hall–Kier alpha value is -2.24.